The molecule has 0 radical (unpaired) electrons. The molecule has 0 spiro atoms. The number of piperidine rings is 1. The van der Waals surface area contributed by atoms with E-state index in [-0.39, 0.29) is 0 Å². The van der Waals surface area contributed by atoms with Crippen molar-refractivity contribution in [3.8, 4) is 11.4 Å². The van der Waals surface area contributed by atoms with E-state index in [0.29, 0.717) is 34.4 Å². The van der Waals surface area contributed by atoms with Crippen molar-refractivity contribution in [3.63, 3.8) is 0 Å². The predicted molar refractivity (Wildman–Crippen MR) is 129 cm³/mol. The van der Waals surface area contributed by atoms with Gasteiger partial charge < -0.3 is 4.57 Å². The number of hydrogen-bond acceptors (Lipinski definition) is 6. The van der Waals surface area contributed by atoms with E-state index in [2.05, 4.69) is 26.7 Å². The summed E-state index contributed by atoms with van der Waals surface area (Å²) in [7, 11) is -3.49. The molecular weight excluding hydrogens is 456 g/mol. The van der Waals surface area contributed by atoms with Gasteiger partial charge in [0.1, 0.15) is 5.82 Å². The Hall–Kier alpha value is -2.69. The van der Waals surface area contributed by atoms with E-state index >= 15 is 0 Å². The standard InChI is InChI=1S/C23H26N6O2S2/c1-2-29-20-12-11-18(33(30,31)28-13-7-4-8-14-28)15-19(20)24-21(29)16-32-23-25-22(26-27-23)17-9-5-3-6-10-17/h3,5-6,9-12,15H,2,4,7-8,13-14,16H2,1H3,(H,25,26,27). The molecule has 0 unspecified atom stereocenters. The lowest BCUT2D eigenvalue weighted by atomic mass is 10.2. The topological polar surface area (TPSA) is 96.8 Å². The van der Waals surface area contributed by atoms with Crippen LogP contribution in [-0.2, 0) is 22.3 Å². The summed E-state index contributed by atoms with van der Waals surface area (Å²) in [5, 5.41) is 7.96. The highest BCUT2D eigenvalue weighted by Crippen LogP contribution is 2.28. The second-order valence-corrected chi connectivity index (χ2v) is 10.9. The van der Waals surface area contributed by atoms with Crippen molar-refractivity contribution in [3.05, 3.63) is 54.4 Å². The van der Waals surface area contributed by atoms with Gasteiger partial charge >= 0.3 is 0 Å². The molecule has 10 heteroatoms. The average Bonchev–Trinajstić information content (AvgIpc) is 3.47. The van der Waals surface area contributed by atoms with Gasteiger partial charge in [0.05, 0.1) is 21.7 Å². The molecule has 1 aliphatic rings. The Labute approximate surface area is 197 Å². The number of rotatable bonds is 7. The van der Waals surface area contributed by atoms with Crippen LogP contribution in [0, 0.1) is 0 Å². The highest BCUT2D eigenvalue weighted by molar-refractivity contribution is 7.98. The number of aromatic nitrogens is 5. The molecule has 2 aromatic heterocycles. The Morgan fingerprint density at radius 2 is 1.82 bits per heavy atom. The largest absolute Gasteiger partial charge is 0.328 e. The molecular formula is C23H26N6O2S2. The maximum atomic E-state index is 13.1. The molecule has 8 nitrogen and oxygen atoms in total. The first kappa shape index (κ1) is 22.1. The zero-order chi connectivity index (χ0) is 22.8. The number of imidazole rings is 1. The van der Waals surface area contributed by atoms with Crippen molar-refractivity contribution in [1.82, 2.24) is 29.0 Å². The molecule has 0 amide bonds. The molecule has 0 bridgehead atoms. The minimum absolute atomic E-state index is 0.318. The van der Waals surface area contributed by atoms with Gasteiger partial charge in [-0.2, -0.15) is 4.31 Å². The number of nitrogens with zero attached hydrogens (tertiary/aromatic N) is 5. The SMILES string of the molecule is CCn1c(CSc2n[nH]c(-c3ccccc3)n2)nc2cc(S(=O)(=O)N3CCCCC3)ccc21. The number of aryl methyl sites for hydroxylation is 1. The third-order valence-electron chi connectivity index (χ3n) is 5.91. The molecule has 0 aliphatic carbocycles. The number of aromatic amines is 1. The second-order valence-electron chi connectivity index (χ2n) is 8.01. The van der Waals surface area contributed by atoms with Crippen molar-refractivity contribution in [2.24, 2.45) is 0 Å². The maximum Gasteiger partial charge on any atom is 0.243 e. The van der Waals surface area contributed by atoms with Crippen molar-refractivity contribution in [1.29, 1.82) is 0 Å². The quantitative estimate of drug-likeness (QED) is 0.394. The number of sulfonamides is 1. The Bertz CT molecular complexity index is 1360. The highest BCUT2D eigenvalue weighted by atomic mass is 32.2. The summed E-state index contributed by atoms with van der Waals surface area (Å²) in [6.45, 7) is 3.99. The van der Waals surface area contributed by atoms with Crippen LogP contribution in [0.4, 0.5) is 0 Å². The Kier molecular flexibility index (Phi) is 6.22. The Balaban J connectivity index is 1.38. The van der Waals surface area contributed by atoms with Crippen LogP contribution in [0.25, 0.3) is 22.4 Å². The molecule has 5 rings (SSSR count). The van der Waals surface area contributed by atoms with E-state index in [1.54, 1.807) is 16.4 Å². The molecule has 4 aromatic rings. The molecule has 0 saturated carbocycles. The molecule has 1 aliphatic heterocycles. The molecule has 0 atom stereocenters. The van der Waals surface area contributed by atoms with E-state index in [1.165, 1.54) is 11.8 Å². The zero-order valence-electron chi connectivity index (χ0n) is 18.4. The Morgan fingerprint density at radius 1 is 1.03 bits per heavy atom. The van der Waals surface area contributed by atoms with Gasteiger partial charge in [-0.25, -0.2) is 18.4 Å². The van der Waals surface area contributed by atoms with Gasteiger partial charge in [0.15, 0.2) is 5.82 Å². The summed E-state index contributed by atoms with van der Waals surface area (Å²) in [6, 6.07) is 15.2. The normalized spacial score (nSPS) is 15.3. The van der Waals surface area contributed by atoms with E-state index < -0.39 is 10.0 Å². The van der Waals surface area contributed by atoms with E-state index in [9.17, 15) is 8.42 Å². The summed E-state index contributed by atoms with van der Waals surface area (Å²) in [4.78, 5) is 9.67. The number of H-pyrrole nitrogens is 1. The van der Waals surface area contributed by atoms with Gasteiger partial charge in [-0.05, 0) is 38.0 Å². The number of benzene rings is 2. The zero-order valence-corrected chi connectivity index (χ0v) is 20.1. The fourth-order valence-corrected chi connectivity index (χ4v) is 6.48. The van der Waals surface area contributed by atoms with Crippen LogP contribution in [0.15, 0.2) is 58.6 Å². The van der Waals surface area contributed by atoms with E-state index in [4.69, 9.17) is 4.98 Å². The van der Waals surface area contributed by atoms with E-state index in [0.717, 1.165) is 48.5 Å². The van der Waals surface area contributed by atoms with Crippen LogP contribution in [0.5, 0.6) is 0 Å². The van der Waals surface area contributed by atoms with Crippen LogP contribution in [0.3, 0.4) is 0 Å². The van der Waals surface area contributed by atoms with Crippen LogP contribution in [0.2, 0.25) is 0 Å². The number of hydrogen-bond donors (Lipinski definition) is 1. The van der Waals surface area contributed by atoms with Gasteiger partial charge in [0, 0.05) is 25.2 Å². The van der Waals surface area contributed by atoms with E-state index in [1.807, 2.05) is 36.4 Å². The summed E-state index contributed by atoms with van der Waals surface area (Å²) in [5.41, 5.74) is 2.62. The summed E-state index contributed by atoms with van der Waals surface area (Å²) >= 11 is 1.50. The summed E-state index contributed by atoms with van der Waals surface area (Å²) in [6.07, 6.45) is 2.92. The fraction of sp³-hybridized carbons (Fsp3) is 0.348. The van der Waals surface area contributed by atoms with Crippen LogP contribution in [-0.4, -0.2) is 50.5 Å². The second kappa shape index (κ2) is 9.28. The molecule has 2 aromatic carbocycles. The third-order valence-corrected chi connectivity index (χ3v) is 8.65. The Morgan fingerprint density at radius 3 is 2.58 bits per heavy atom. The predicted octanol–water partition coefficient (Wildman–Crippen LogP) is 4.31. The molecule has 1 N–H and O–H groups in total. The molecule has 3 heterocycles. The first-order valence-corrected chi connectivity index (χ1v) is 13.6. The molecule has 1 fully saturated rings. The minimum Gasteiger partial charge on any atom is -0.328 e. The highest BCUT2D eigenvalue weighted by Gasteiger charge is 2.26. The number of thioether (sulfide) groups is 1. The molecule has 1 saturated heterocycles. The van der Waals surface area contributed by atoms with Crippen molar-refractivity contribution < 1.29 is 8.42 Å². The average molecular weight is 483 g/mol. The van der Waals surface area contributed by atoms with Crippen molar-refractivity contribution >= 4 is 32.8 Å². The monoisotopic (exact) mass is 482 g/mol. The number of nitrogens with one attached hydrogen (secondary N) is 1. The van der Waals surface area contributed by atoms with Crippen LogP contribution >= 0.6 is 11.8 Å². The van der Waals surface area contributed by atoms with Gasteiger partial charge in [-0.15, -0.1) is 5.10 Å². The smallest absolute Gasteiger partial charge is 0.243 e. The number of fused-ring (bicyclic) bond motifs is 1. The van der Waals surface area contributed by atoms with Gasteiger partial charge in [-0.1, -0.05) is 48.5 Å². The third kappa shape index (κ3) is 4.42. The van der Waals surface area contributed by atoms with Gasteiger partial charge in [0.2, 0.25) is 15.2 Å². The van der Waals surface area contributed by atoms with Crippen molar-refractivity contribution in [2.75, 3.05) is 13.1 Å². The van der Waals surface area contributed by atoms with Crippen LogP contribution in [0.1, 0.15) is 32.0 Å². The summed E-state index contributed by atoms with van der Waals surface area (Å²) < 4.78 is 29.9. The first-order valence-electron chi connectivity index (χ1n) is 11.2. The van der Waals surface area contributed by atoms with Gasteiger partial charge in [0.25, 0.3) is 0 Å². The summed E-state index contributed by atoms with van der Waals surface area (Å²) in [5.74, 6) is 2.19. The lowest BCUT2D eigenvalue weighted by Gasteiger charge is -2.25. The maximum absolute atomic E-state index is 13.1. The van der Waals surface area contributed by atoms with Crippen molar-refractivity contribution in [2.45, 2.75) is 48.5 Å². The molecule has 33 heavy (non-hydrogen) atoms. The lowest BCUT2D eigenvalue weighted by molar-refractivity contribution is 0.346. The fourth-order valence-electron chi connectivity index (χ4n) is 4.20. The lowest BCUT2D eigenvalue weighted by Crippen LogP contribution is -2.35. The van der Waals surface area contributed by atoms with Gasteiger partial charge in [-0.3, -0.25) is 5.10 Å². The minimum atomic E-state index is -3.49. The van der Waals surface area contributed by atoms with Crippen LogP contribution < -0.4 is 0 Å². The molecule has 172 valence electrons. The first-order chi connectivity index (χ1) is 16.1.